The molecule has 1 unspecified atom stereocenters. The van der Waals surface area contributed by atoms with Gasteiger partial charge >= 0.3 is 0 Å². The molecule has 0 radical (unpaired) electrons. The third kappa shape index (κ3) is 3.80. The molecule has 0 amide bonds. The fraction of sp³-hybridized carbons (Fsp3) is 0.636. The maximum atomic E-state index is 5.81. The van der Waals surface area contributed by atoms with Gasteiger partial charge in [0.2, 0.25) is 0 Å². The van der Waals surface area contributed by atoms with E-state index in [0.29, 0.717) is 11.8 Å². The summed E-state index contributed by atoms with van der Waals surface area (Å²) in [5.41, 5.74) is 4.15. The molecule has 0 bridgehead atoms. The molecule has 3 N–H and O–H groups in total. The average molecular weight is 249 g/mol. The van der Waals surface area contributed by atoms with Crippen LogP contribution in [0.2, 0.25) is 0 Å². The fourth-order valence-corrected chi connectivity index (χ4v) is 2.44. The minimum Gasteiger partial charge on any atom is -0.271 e. The van der Waals surface area contributed by atoms with Gasteiger partial charge in [-0.25, -0.2) is 0 Å². The predicted molar refractivity (Wildman–Crippen MR) is 67.1 cm³/mol. The minimum absolute atomic E-state index is 0.0896. The van der Waals surface area contributed by atoms with Crippen molar-refractivity contribution < 1.29 is 0 Å². The van der Waals surface area contributed by atoms with E-state index >= 15 is 0 Å². The van der Waals surface area contributed by atoms with Crippen LogP contribution in [0.15, 0.2) is 23.8 Å². The zero-order valence-electron chi connectivity index (χ0n) is 8.81. The molecule has 86 valence electrons. The van der Waals surface area contributed by atoms with Gasteiger partial charge in [0.05, 0.1) is 0 Å². The predicted octanol–water partition coefficient (Wildman–Crippen LogP) is 2.58. The van der Waals surface area contributed by atoms with Crippen molar-refractivity contribution in [2.75, 3.05) is 18.3 Å². The molecular formula is C11H18Cl2N2. The zero-order valence-corrected chi connectivity index (χ0v) is 10.3. The molecule has 0 aromatic rings. The number of hydrazine groups is 1. The van der Waals surface area contributed by atoms with E-state index in [0.717, 1.165) is 25.8 Å². The Kier molecular flexibility index (Phi) is 5.69. The fourth-order valence-electron chi connectivity index (χ4n) is 1.85. The molecule has 0 saturated carbocycles. The molecule has 0 aromatic carbocycles. The summed E-state index contributed by atoms with van der Waals surface area (Å²) < 4.78 is 0. The quantitative estimate of drug-likeness (QED) is 0.431. The number of hydrogen-bond acceptors (Lipinski definition) is 2. The molecule has 0 aliphatic heterocycles. The third-order valence-corrected chi connectivity index (χ3v) is 3.23. The van der Waals surface area contributed by atoms with Crippen molar-refractivity contribution in [3.63, 3.8) is 0 Å². The number of allylic oxidation sites excluding steroid dienone is 3. The van der Waals surface area contributed by atoms with E-state index in [1.807, 2.05) is 0 Å². The highest BCUT2D eigenvalue weighted by atomic mass is 35.5. The van der Waals surface area contributed by atoms with Gasteiger partial charge in [0.25, 0.3) is 0 Å². The first-order valence-electron chi connectivity index (χ1n) is 5.20. The second-order valence-electron chi connectivity index (χ2n) is 3.94. The Bertz CT molecular complexity index is 243. The van der Waals surface area contributed by atoms with Crippen molar-refractivity contribution in [2.24, 2.45) is 11.3 Å². The van der Waals surface area contributed by atoms with E-state index in [4.69, 9.17) is 29.0 Å². The highest BCUT2D eigenvalue weighted by Gasteiger charge is 2.26. The Balaban J connectivity index is 2.61. The van der Waals surface area contributed by atoms with Gasteiger partial charge in [-0.1, -0.05) is 23.8 Å². The summed E-state index contributed by atoms with van der Waals surface area (Å²) in [7, 11) is 0. The van der Waals surface area contributed by atoms with Crippen LogP contribution in [0.5, 0.6) is 0 Å². The van der Waals surface area contributed by atoms with Crippen LogP contribution < -0.4 is 11.3 Å². The molecule has 1 rings (SSSR count). The minimum atomic E-state index is 0.0896. The van der Waals surface area contributed by atoms with Crippen LogP contribution in [0.4, 0.5) is 0 Å². The van der Waals surface area contributed by atoms with Gasteiger partial charge in [0.1, 0.15) is 0 Å². The first-order valence-corrected chi connectivity index (χ1v) is 6.27. The van der Waals surface area contributed by atoms with Crippen molar-refractivity contribution in [3.8, 4) is 0 Å². The van der Waals surface area contributed by atoms with Crippen molar-refractivity contribution in [2.45, 2.75) is 19.3 Å². The lowest BCUT2D eigenvalue weighted by Crippen LogP contribution is -2.37. The molecular weight excluding hydrogens is 231 g/mol. The lowest BCUT2D eigenvalue weighted by atomic mass is 9.77. The largest absolute Gasteiger partial charge is 0.271 e. The molecule has 4 heteroatoms. The SMILES string of the molecule is NNCC1(CCCl)C=CC(CCCl)=CC1. The van der Waals surface area contributed by atoms with Crippen LogP contribution in [-0.4, -0.2) is 18.3 Å². The highest BCUT2D eigenvalue weighted by Crippen LogP contribution is 2.33. The van der Waals surface area contributed by atoms with Gasteiger partial charge in [0.15, 0.2) is 0 Å². The topological polar surface area (TPSA) is 38.0 Å². The van der Waals surface area contributed by atoms with E-state index in [1.165, 1.54) is 5.57 Å². The van der Waals surface area contributed by atoms with Crippen molar-refractivity contribution >= 4 is 23.2 Å². The van der Waals surface area contributed by atoms with Gasteiger partial charge in [0, 0.05) is 23.7 Å². The number of rotatable bonds is 6. The smallest absolute Gasteiger partial charge is 0.0263 e. The monoisotopic (exact) mass is 248 g/mol. The summed E-state index contributed by atoms with van der Waals surface area (Å²) in [4.78, 5) is 0. The van der Waals surface area contributed by atoms with Crippen LogP contribution in [0, 0.1) is 5.41 Å². The second-order valence-corrected chi connectivity index (χ2v) is 4.69. The molecule has 0 spiro atoms. The summed E-state index contributed by atoms with van der Waals surface area (Å²) in [5.74, 6) is 6.73. The van der Waals surface area contributed by atoms with Gasteiger partial charge in [-0.05, 0) is 19.3 Å². The Labute approximate surface area is 101 Å². The third-order valence-electron chi connectivity index (χ3n) is 2.85. The highest BCUT2D eigenvalue weighted by molar-refractivity contribution is 6.18. The molecule has 0 aromatic heterocycles. The zero-order chi connectivity index (χ0) is 11.1. The molecule has 1 atom stereocenters. The van der Waals surface area contributed by atoms with Gasteiger partial charge in [-0.2, -0.15) is 0 Å². The van der Waals surface area contributed by atoms with Crippen LogP contribution >= 0.6 is 23.2 Å². The molecule has 0 heterocycles. The first kappa shape index (κ1) is 13.0. The second kappa shape index (κ2) is 6.54. The van der Waals surface area contributed by atoms with E-state index in [2.05, 4.69) is 23.7 Å². The summed E-state index contributed by atoms with van der Waals surface area (Å²) in [6, 6.07) is 0. The van der Waals surface area contributed by atoms with Crippen LogP contribution in [0.3, 0.4) is 0 Å². The maximum absolute atomic E-state index is 5.81. The molecule has 15 heavy (non-hydrogen) atoms. The van der Waals surface area contributed by atoms with Crippen LogP contribution in [0.1, 0.15) is 19.3 Å². The number of alkyl halides is 2. The van der Waals surface area contributed by atoms with Crippen molar-refractivity contribution in [3.05, 3.63) is 23.8 Å². The molecule has 1 aliphatic carbocycles. The van der Waals surface area contributed by atoms with Crippen LogP contribution in [-0.2, 0) is 0 Å². The molecule has 2 nitrogen and oxygen atoms in total. The summed E-state index contributed by atoms with van der Waals surface area (Å²) in [6.07, 6.45) is 9.48. The first-order chi connectivity index (χ1) is 7.26. The number of hydrogen-bond donors (Lipinski definition) is 2. The van der Waals surface area contributed by atoms with Gasteiger partial charge in [-0.15, -0.1) is 23.2 Å². The lowest BCUT2D eigenvalue weighted by molar-refractivity contribution is 0.346. The summed E-state index contributed by atoms with van der Waals surface area (Å²) in [5, 5.41) is 0. The molecule has 0 saturated heterocycles. The average Bonchev–Trinajstić information content (AvgIpc) is 2.23. The Morgan fingerprint density at radius 1 is 1.40 bits per heavy atom. The van der Waals surface area contributed by atoms with Crippen molar-refractivity contribution in [1.82, 2.24) is 5.43 Å². The Morgan fingerprint density at radius 2 is 2.20 bits per heavy atom. The summed E-state index contributed by atoms with van der Waals surface area (Å²) >= 11 is 11.5. The van der Waals surface area contributed by atoms with E-state index < -0.39 is 0 Å². The molecule has 1 aliphatic rings. The van der Waals surface area contributed by atoms with Gasteiger partial charge < -0.3 is 0 Å². The maximum Gasteiger partial charge on any atom is 0.0263 e. The van der Waals surface area contributed by atoms with Gasteiger partial charge in [-0.3, -0.25) is 11.3 Å². The van der Waals surface area contributed by atoms with E-state index in [-0.39, 0.29) is 5.41 Å². The number of nitrogens with one attached hydrogen (secondary N) is 1. The van der Waals surface area contributed by atoms with Crippen LogP contribution in [0.25, 0.3) is 0 Å². The Hall–Kier alpha value is -0.0200. The summed E-state index contributed by atoms with van der Waals surface area (Å²) in [6.45, 7) is 0.765. The van der Waals surface area contributed by atoms with E-state index in [1.54, 1.807) is 0 Å². The molecule has 0 fully saturated rings. The lowest BCUT2D eigenvalue weighted by Gasteiger charge is -2.31. The normalized spacial score (nSPS) is 25.4. The standard InChI is InChI=1S/C11H18Cl2N2/c12-7-3-10-1-4-11(5-2-10,6-8-13)9-15-14/h1-2,4,15H,3,5-9,14H2. The van der Waals surface area contributed by atoms with Crippen molar-refractivity contribution in [1.29, 1.82) is 0 Å². The number of nitrogens with two attached hydrogens (primary N) is 1. The number of halogens is 2. The van der Waals surface area contributed by atoms with E-state index in [9.17, 15) is 0 Å². The Morgan fingerprint density at radius 3 is 2.67 bits per heavy atom.